The third-order valence-corrected chi connectivity index (χ3v) is 4.28. The van der Waals surface area contributed by atoms with Crippen molar-refractivity contribution in [3.8, 4) is 0 Å². The van der Waals surface area contributed by atoms with Crippen LogP contribution in [0.5, 0.6) is 0 Å². The fourth-order valence-electron chi connectivity index (χ4n) is 2.84. The van der Waals surface area contributed by atoms with Crippen molar-refractivity contribution >= 4 is 16.6 Å². The van der Waals surface area contributed by atoms with Crippen LogP contribution < -0.4 is 10.9 Å². The molecule has 2 heterocycles. The fraction of sp³-hybridized carbons (Fsp3) is 0.400. The number of H-pyrrole nitrogens is 1. The molecule has 2 N–H and O–H groups in total. The second kappa shape index (κ2) is 4.51. The monoisotopic (exact) mass is 296 g/mol. The summed E-state index contributed by atoms with van der Waals surface area (Å²) in [6.07, 6.45) is -4.54. The van der Waals surface area contributed by atoms with Gasteiger partial charge in [0.2, 0.25) is 5.56 Å². The lowest BCUT2D eigenvalue weighted by Gasteiger charge is -2.30. The Morgan fingerprint density at radius 1 is 1.19 bits per heavy atom. The van der Waals surface area contributed by atoms with E-state index in [1.807, 2.05) is 6.92 Å². The van der Waals surface area contributed by atoms with Crippen LogP contribution in [0.4, 0.5) is 18.9 Å². The highest BCUT2D eigenvalue weighted by Crippen LogP contribution is 2.40. The van der Waals surface area contributed by atoms with Gasteiger partial charge in [-0.25, -0.2) is 0 Å². The van der Waals surface area contributed by atoms with E-state index in [-0.39, 0.29) is 16.8 Å². The molecule has 2 atom stereocenters. The lowest BCUT2D eigenvalue weighted by molar-refractivity contribution is -0.136. The molecule has 21 heavy (non-hydrogen) atoms. The molecule has 0 saturated carbocycles. The molecule has 1 aromatic carbocycles. The van der Waals surface area contributed by atoms with E-state index in [1.54, 1.807) is 12.1 Å². The smallest absolute Gasteiger partial charge is 0.384 e. The van der Waals surface area contributed by atoms with Gasteiger partial charge >= 0.3 is 6.18 Å². The highest BCUT2D eigenvalue weighted by atomic mass is 19.4. The highest BCUT2D eigenvalue weighted by Gasteiger charge is 2.34. The van der Waals surface area contributed by atoms with Crippen LogP contribution in [-0.2, 0) is 6.18 Å². The number of benzene rings is 1. The summed E-state index contributed by atoms with van der Waals surface area (Å²) in [5.74, 6) is 0.505. The van der Waals surface area contributed by atoms with Crippen LogP contribution in [0.2, 0.25) is 0 Å². The van der Waals surface area contributed by atoms with Crippen molar-refractivity contribution in [2.24, 2.45) is 5.92 Å². The van der Waals surface area contributed by atoms with E-state index in [9.17, 15) is 18.0 Å². The number of alkyl halides is 3. The Hall–Kier alpha value is -1.98. The molecule has 0 bridgehead atoms. The van der Waals surface area contributed by atoms with E-state index in [0.29, 0.717) is 12.0 Å². The molecule has 0 saturated heterocycles. The molecule has 3 rings (SSSR count). The Morgan fingerprint density at radius 3 is 2.57 bits per heavy atom. The maximum absolute atomic E-state index is 13.1. The zero-order chi connectivity index (χ0) is 15.4. The summed E-state index contributed by atoms with van der Waals surface area (Å²) in [7, 11) is 0. The van der Waals surface area contributed by atoms with Gasteiger partial charge in [-0.1, -0.05) is 13.8 Å². The first-order valence-electron chi connectivity index (χ1n) is 6.79. The first kappa shape index (κ1) is 14.0. The molecule has 112 valence electrons. The summed E-state index contributed by atoms with van der Waals surface area (Å²) >= 11 is 0. The molecule has 2 aromatic rings. The van der Waals surface area contributed by atoms with Gasteiger partial charge in [0.1, 0.15) is 0 Å². The molecule has 1 aromatic heterocycles. The summed E-state index contributed by atoms with van der Waals surface area (Å²) in [6, 6.07) is 3.78. The van der Waals surface area contributed by atoms with Crippen LogP contribution >= 0.6 is 0 Å². The van der Waals surface area contributed by atoms with Gasteiger partial charge in [0.05, 0.1) is 11.1 Å². The molecule has 0 unspecified atom stereocenters. The third kappa shape index (κ3) is 2.28. The van der Waals surface area contributed by atoms with Gasteiger partial charge in [-0.3, -0.25) is 4.79 Å². The van der Waals surface area contributed by atoms with Crippen LogP contribution in [-0.4, -0.2) is 11.5 Å². The normalized spacial score (nSPS) is 22.0. The summed E-state index contributed by atoms with van der Waals surface area (Å²) in [5.41, 5.74) is 0.242. The highest BCUT2D eigenvalue weighted by molar-refractivity contribution is 5.87. The van der Waals surface area contributed by atoms with Gasteiger partial charge < -0.3 is 10.3 Å². The number of aromatic amines is 1. The standard InChI is InChI=1S/C15H15F3N2O/c1-7-6-19-12-5-13-10(3-9(12)8(7)2)11(15(16,17)18)4-14(21)20-13/h3-5,7-8,19H,6H2,1-2H3,(H,20,21)/t7-,8+/m0/s1. The summed E-state index contributed by atoms with van der Waals surface area (Å²) in [6.45, 7) is 4.83. The van der Waals surface area contributed by atoms with Gasteiger partial charge in [0.25, 0.3) is 0 Å². The lowest BCUT2D eigenvalue weighted by atomic mass is 9.83. The maximum Gasteiger partial charge on any atom is 0.417 e. The summed E-state index contributed by atoms with van der Waals surface area (Å²) in [4.78, 5) is 13.9. The predicted octanol–water partition coefficient (Wildman–Crippen LogP) is 3.71. The number of halogens is 3. The van der Waals surface area contributed by atoms with Crippen molar-refractivity contribution in [2.45, 2.75) is 25.9 Å². The SMILES string of the molecule is C[C@H]1CNc2cc3[nH]c(=O)cc(C(F)(F)F)c3cc2[C@@H]1C. The predicted molar refractivity (Wildman–Crippen MR) is 75.6 cm³/mol. The average molecular weight is 296 g/mol. The van der Waals surface area contributed by atoms with E-state index in [1.165, 1.54) is 0 Å². The van der Waals surface area contributed by atoms with Gasteiger partial charge in [-0.15, -0.1) is 0 Å². The Bertz CT molecular complexity index is 764. The molecule has 6 heteroatoms. The van der Waals surface area contributed by atoms with E-state index in [4.69, 9.17) is 0 Å². The molecule has 0 aliphatic carbocycles. The third-order valence-electron chi connectivity index (χ3n) is 4.28. The number of fused-ring (bicyclic) bond motifs is 2. The number of hydrogen-bond acceptors (Lipinski definition) is 2. The molecule has 3 nitrogen and oxygen atoms in total. The fourth-order valence-corrected chi connectivity index (χ4v) is 2.84. The van der Waals surface area contributed by atoms with E-state index in [0.717, 1.165) is 17.8 Å². The van der Waals surface area contributed by atoms with Crippen LogP contribution in [0.25, 0.3) is 10.9 Å². The number of nitrogens with one attached hydrogen (secondary N) is 2. The van der Waals surface area contributed by atoms with Crippen molar-refractivity contribution in [1.82, 2.24) is 4.98 Å². The Kier molecular flexibility index (Phi) is 3.00. The van der Waals surface area contributed by atoms with E-state index >= 15 is 0 Å². The number of aromatic nitrogens is 1. The minimum Gasteiger partial charge on any atom is -0.384 e. The van der Waals surface area contributed by atoms with Crippen molar-refractivity contribution in [3.63, 3.8) is 0 Å². The molecule has 0 radical (unpaired) electrons. The summed E-state index contributed by atoms with van der Waals surface area (Å²) in [5, 5.41) is 3.25. The maximum atomic E-state index is 13.1. The molecular formula is C15H15F3N2O. The van der Waals surface area contributed by atoms with Gasteiger partial charge in [-0.05, 0) is 29.5 Å². The summed E-state index contributed by atoms with van der Waals surface area (Å²) < 4.78 is 39.4. The zero-order valence-electron chi connectivity index (χ0n) is 11.6. The van der Waals surface area contributed by atoms with Gasteiger partial charge in [0, 0.05) is 23.7 Å². The van der Waals surface area contributed by atoms with Crippen molar-refractivity contribution < 1.29 is 13.2 Å². The molecule has 0 amide bonds. The van der Waals surface area contributed by atoms with Crippen molar-refractivity contribution in [2.75, 3.05) is 11.9 Å². The molecule has 1 aliphatic heterocycles. The Morgan fingerprint density at radius 2 is 1.90 bits per heavy atom. The average Bonchev–Trinajstić information content (AvgIpc) is 2.39. The molecular weight excluding hydrogens is 281 g/mol. The first-order chi connectivity index (χ1) is 9.77. The number of rotatable bonds is 0. The number of pyridine rings is 1. The largest absolute Gasteiger partial charge is 0.417 e. The topological polar surface area (TPSA) is 44.9 Å². The minimum atomic E-state index is -4.54. The lowest BCUT2D eigenvalue weighted by Crippen LogP contribution is -2.24. The Balaban J connectivity index is 2.34. The second-order valence-corrected chi connectivity index (χ2v) is 5.68. The first-order valence-corrected chi connectivity index (χ1v) is 6.79. The molecule has 0 fully saturated rings. The quantitative estimate of drug-likeness (QED) is 0.778. The van der Waals surface area contributed by atoms with Crippen LogP contribution in [0.1, 0.15) is 30.9 Å². The van der Waals surface area contributed by atoms with Gasteiger partial charge in [0.15, 0.2) is 0 Å². The number of hydrogen-bond donors (Lipinski definition) is 2. The minimum absolute atomic E-state index is 0.0450. The Labute approximate surface area is 119 Å². The molecule has 0 spiro atoms. The van der Waals surface area contributed by atoms with Crippen LogP contribution in [0.15, 0.2) is 23.0 Å². The van der Waals surface area contributed by atoms with Crippen molar-refractivity contribution in [3.05, 3.63) is 39.7 Å². The second-order valence-electron chi connectivity index (χ2n) is 5.68. The zero-order valence-corrected chi connectivity index (χ0v) is 11.6. The van der Waals surface area contributed by atoms with E-state index < -0.39 is 17.3 Å². The number of anilines is 1. The van der Waals surface area contributed by atoms with Crippen LogP contribution in [0.3, 0.4) is 0 Å². The molecule has 1 aliphatic rings. The van der Waals surface area contributed by atoms with Gasteiger partial charge in [-0.2, -0.15) is 13.2 Å². The van der Waals surface area contributed by atoms with E-state index in [2.05, 4.69) is 17.2 Å². The van der Waals surface area contributed by atoms with Crippen molar-refractivity contribution in [1.29, 1.82) is 0 Å². The van der Waals surface area contributed by atoms with Crippen LogP contribution in [0, 0.1) is 5.92 Å².